The minimum absolute atomic E-state index is 0.336. The van der Waals surface area contributed by atoms with Crippen molar-refractivity contribution in [2.24, 2.45) is 5.73 Å². The summed E-state index contributed by atoms with van der Waals surface area (Å²) < 4.78 is 27.2. The Hall–Kier alpha value is -0.470. The molecular formula is C14H25N3O2S2. The maximum absolute atomic E-state index is 12.8. The Morgan fingerprint density at radius 3 is 2.62 bits per heavy atom. The van der Waals surface area contributed by atoms with Gasteiger partial charge < -0.3 is 5.73 Å². The third-order valence-electron chi connectivity index (χ3n) is 4.20. The first-order valence-electron chi connectivity index (χ1n) is 7.47. The highest BCUT2D eigenvalue weighted by atomic mass is 32.2. The van der Waals surface area contributed by atoms with Crippen LogP contribution in [0.3, 0.4) is 0 Å². The van der Waals surface area contributed by atoms with E-state index in [0.717, 1.165) is 29.3 Å². The second-order valence-electron chi connectivity index (χ2n) is 5.36. The smallest absolute Gasteiger partial charge is 0.244 e. The van der Waals surface area contributed by atoms with Crippen LogP contribution in [-0.4, -0.2) is 49.8 Å². The SMILES string of the molecule is CCN(CC)C1CCN(S(=O)(=O)c2cc(CN)sc2C)C1. The zero-order chi connectivity index (χ0) is 15.6. The van der Waals surface area contributed by atoms with Gasteiger partial charge in [0.25, 0.3) is 0 Å². The van der Waals surface area contributed by atoms with Crippen LogP contribution in [0, 0.1) is 6.92 Å². The molecule has 0 radical (unpaired) electrons. The number of rotatable bonds is 6. The molecule has 1 saturated heterocycles. The summed E-state index contributed by atoms with van der Waals surface area (Å²) >= 11 is 1.47. The molecule has 7 heteroatoms. The van der Waals surface area contributed by atoms with Gasteiger partial charge >= 0.3 is 0 Å². The maximum atomic E-state index is 12.8. The van der Waals surface area contributed by atoms with Gasteiger partial charge in [0.05, 0.1) is 4.90 Å². The van der Waals surface area contributed by atoms with E-state index in [9.17, 15) is 8.42 Å². The number of likely N-dealkylation sites (N-methyl/N-ethyl adjacent to an activating group) is 1. The van der Waals surface area contributed by atoms with Crippen LogP contribution in [0.4, 0.5) is 0 Å². The Kier molecular flexibility index (Phi) is 5.43. The first-order valence-corrected chi connectivity index (χ1v) is 9.73. The standard InChI is InChI=1S/C14H25N3O2S2/c1-4-16(5-2)12-6-7-17(10-12)21(18,19)14-8-13(9-15)20-11(14)3/h8,12H,4-7,9-10,15H2,1-3H3. The number of sulfonamides is 1. The summed E-state index contributed by atoms with van der Waals surface area (Å²) in [6.45, 7) is 9.62. The summed E-state index contributed by atoms with van der Waals surface area (Å²) in [4.78, 5) is 4.53. The van der Waals surface area contributed by atoms with Crippen molar-refractivity contribution >= 4 is 21.4 Å². The quantitative estimate of drug-likeness (QED) is 0.860. The van der Waals surface area contributed by atoms with Gasteiger partial charge in [-0.1, -0.05) is 13.8 Å². The number of thiophene rings is 1. The lowest BCUT2D eigenvalue weighted by molar-refractivity contribution is 0.224. The lowest BCUT2D eigenvalue weighted by atomic mass is 10.2. The van der Waals surface area contributed by atoms with Crippen molar-refractivity contribution in [1.29, 1.82) is 0 Å². The van der Waals surface area contributed by atoms with Crippen LogP contribution in [0.15, 0.2) is 11.0 Å². The maximum Gasteiger partial charge on any atom is 0.244 e. The molecule has 2 heterocycles. The molecule has 0 bridgehead atoms. The summed E-state index contributed by atoms with van der Waals surface area (Å²) in [5, 5.41) is 0. The fourth-order valence-electron chi connectivity index (χ4n) is 2.99. The molecule has 0 saturated carbocycles. The number of nitrogens with zero attached hydrogens (tertiary/aromatic N) is 2. The van der Waals surface area contributed by atoms with Crippen LogP contribution in [0.25, 0.3) is 0 Å². The van der Waals surface area contributed by atoms with E-state index in [0.29, 0.717) is 30.6 Å². The first-order chi connectivity index (χ1) is 9.93. The fourth-order valence-corrected chi connectivity index (χ4v) is 5.96. The molecule has 0 spiro atoms. The number of aryl methyl sites for hydroxylation is 1. The van der Waals surface area contributed by atoms with Crippen LogP contribution < -0.4 is 5.73 Å². The Labute approximate surface area is 131 Å². The third-order valence-corrected chi connectivity index (χ3v) is 7.39. The highest BCUT2D eigenvalue weighted by Gasteiger charge is 2.35. The summed E-state index contributed by atoms with van der Waals surface area (Å²) in [6, 6.07) is 2.07. The number of nitrogens with two attached hydrogens (primary N) is 1. The molecule has 5 nitrogen and oxygen atoms in total. The number of hydrogen-bond donors (Lipinski definition) is 1. The summed E-state index contributed by atoms with van der Waals surface area (Å²) in [7, 11) is -3.38. The van der Waals surface area contributed by atoms with Crippen molar-refractivity contribution in [3.8, 4) is 0 Å². The van der Waals surface area contributed by atoms with E-state index >= 15 is 0 Å². The third kappa shape index (κ3) is 3.32. The molecular weight excluding hydrogens is 306 g/mol. The van der Waals surface area contributed by atoms with Crippen LogP contribution in [0.2, 0.25) is 0 Å². The molecule has 0 amide bonds. The van der Waals surface area contributed by atoms with Crippen molar-refractivity contribution in [3.63, 3.8) is 0 Å². The second kappa shape index (κ2) is 6.75. The highest BCUT2D eigenvalue weighted by molar-refractivity contribution is 7.89. The molecule has 21 heavy (non-hydrogen) atoms. The van der Waals surface area contributed by atoms with E-state index in [1.807, 2.05) is 6.92 Å². The summed E-state index contributed by atoms with van der Waals surface area (Å²) in [5.41, 5.74) is 5.62. The largest absolute Gasteiger partial charge is 0.326 e. The Balaban J connectivity index is 2.19. The van der Waals surface area contributed by atoms with Crippen molar-refractivity contribution < 1.29 is 8.42 Å². The molecule has 1 aliphatic rings. The van der Waals surface area contributed by atoms with Gasteiger partial charge in [0.15, 0.2) is 0 Å². The topological polar surface area (TPSA) is 66.6 Å². The van der Waals surface area contributed by atoms with E-state index in [1.165, 1.54) is 11.3 Å². The Morgan fingerprint density at radius 2 is 2.10 bits per heavy atom. The molecule has 2 rings (SSSR count). The molecule has 1 aromatic heterocycles. The van der Waals surface area contributed by atoms with Crippen LogP contribution >= 0.6 is 11.3 Å². The average molecular weight is 332 g/mol. The summed E-state index contributed by atoms with van der Waals surface area (Å²) in [5.74, 6) is 0. The lowest BCUT2D eigenvalue weighted by Crippen LogP contribution is -2.38. The average Bonchev–Trinajstić information content (AvgIpc) is 3.07. The van der Waals surface area contributed by atoms with Gasteiger partial charge in [-0.15, -0.1) is 11.3 Å². The predicted molar refractivity (Wildman–Crippen MR) is 87.0 cm³/mol. The molecule has 1 atom stereocenters. The van der Waals surface area contributed by atoms with Gasteiger partial charge in [0.1, 0.15) is 0 Å². The van der Waals surface area contributed by atoms with Gasteiger partial charge in [-0.3, -0.25) is 4.90 Å². The van der Waals surface area contributed by atoms with E-state index in [2.05, 4.69) is 18.7 Å². The van der Waals surface area contributed by atoms with Gasteiger partial charge in [0.2, 0.25) is 10.0 Å². The van der Waals surface area contributed by atoms with Gasteiger partial charge in [-0.2, -0.15) is 4.31 Å². The minimum atomic E-state index is -3.38. The molecule has 1 unspecified atom stereocenters. The minimum Gasteiger partial charge on any atom is -0.326 e. The van der Waals surface area contributed by atoms with Crippen LogP contribution in [0.1, 0.15) is 30.0 Å². The van der Waals surface area contributed by atoms with Crippen molar-refractivity contribution in [2.45, 2.75) is 44.7 Å². The fraction of sp³-hybridized carbons (Fsp3) is 0.714. The lowest BCUT2D eigenvalue weighted by Gasteiger charge is -2.26. The Bertz CT molecular complexity index is 579. The van der Waals surface area contributed by atoms with Gasteiger partial charge in [0, 0.05) is 35.4 Å². The molecule has 1 fully saturated rings. The van der Waals surface area contributed by atoms with E-state index in [-0.39, 0.29) is 0 Å². The van der Waals surface area contributed by atoms with Gasteiger partial charge in [-0.05, 0) is 32.5 Å². The molecule has 120 valence electrons. The van der Waals surface area contributed by atoms with E-state index in [1.54, 1.807) is 10.4 Å². The first kappa shape index (κ1) is 16.9. The van der Waals surface area contributed by atoms with Gasteiger partial charge in [-0.25, -0.2) is 8.42 Å². The Morgan fingerprint density at radius 1 is 1.43 bits per heavy atom. The second-order valence-corrected chi connectivity index (χ2v) is 8.61. The normalized spacial score (nSPS) is 20.5. The molecule has 1 aliphatic heterocycles. The van der Waals surface area contributed by atoms with E-state index in [4.69, 9.17) is 5.73 Å². The molecule has 1 aromatic rings. The predicted octanol–water partition coefficient (Wildman–Crippen LogP) is 1.62. The highest BCUT2D eigenvalue weighted by Crippen LogP contribution is 2.30. The van der Waals surface area contributed by atoms with Crippen molar-refractivity contribution in [3.05, 3.63) is 15.8 Å². The van der Waals surface area contributed by atoms with Crippen LogP contribution in [-0.2, 0) is 16.6 Å². The monoisotopic (exact) mass is 331 g/mol. The molecule has 2 N–H and O–H groups in total. The van der Waals surface area contributed by atoms with E-state index < -0.39 is 10.0 Å². The molecule has 0 aromatic carbocycles. The van der Waals surface area contributed by atoms with Crippen molar-refractivity contribution in [1.82, 2.24) is 9.21 Å². The van der Waals surface area contributed by atoms with Crippen LogP contribution in [0.5, 0.6) is 0 Å². The zero-order valence-electron chi connectivity index (χ0n) is 13.0. The number of hydrogen-bond acceptors (Lipinski definition) is 5. The van der Waals surface area contributed by atoms with Crippen molar-refractivity contribution in [2.75, 3.05) is 26.2 Å². The molecule has 0 aliphatic carbocycles. The zero-order valence-corrected chi connectivity index (χ0v) is 14.6. The summed E-state index contributed by atoms with van der Waals surface area (Å²) in [6.07, 6.45) is 0.911.